The van der Waals surface area contributed by atoms with Gasteiger partial charge in [-0.1, -0.05) is 109 Å². The standard InChI is InChI=1S/C46H30N2OS/c1-29-27-33(36-16-10-18-42-44(36)37-15-8-9-17-41(37)49-42)23-26-40(29)48(34-13-6-3-7-14-34)35-24-21-30-19-20-31-22-25-39-45(43(31)38(30)28-35)50-46(47-39)32-11-4-2-5-12-32/h2-28H,1H3. The average molecular weight is 659 g/mol. The predicted octanol–water partition coefficient (Wildman–Crippen LogP) is 13.6. The lowest BCUT2D eigenvalue weighted by atomic mass is 9.96. The van der Waals surface area contributed by atoms with Crippen LogP contribution < -0.4 is 4.90 Å². The molecule has 8 aromatic carbocycles. The van der Waals surface area contributed by atoms with Gasteiger partial charge in [0.25, 0.3) is 0 Å². The van der Waals surface area contributed by atoms with Crippen molar-refractivity contribution in [2.75, 3.05) is 4.90 Å². The molecule has 10 aromatic rings. The van der Waals surface area contributed by atoms with Gasteiger partial charge >= 0.3 is 0 Å². The van der Waals surface area contributed by atoms with Crippen LogP contribution in [0.4, 0.5) is 17.1 Å². The van der Waals surface area contributed by atoms with E-state index in [0.717, 1.165) is 55.1 Å². The highest BCUT2D eigenvalue weighted by Crippen LogP contribution is 2.44. The molecule has 4 heteroatoms. The summed E-state index contributed by atoms with van der Waals surface area (Å²) in [5.74, 6) is 0. The highest BCUT2D eigenvalue weighted by Gasteiger charge is 2.19. The Hall–Kier alpha value is -6.23. The van der Waals surface area contributed by atoms with Crippen molar-refractivity contribution >= 4 is 82.1 Å². The summed E-state index contributed by atoms with van der Waals surface area (Å²) < 4.78 is 7.45. The van der Waals surface area contributed by atoms with Crippen molar-refractivity contribution in [3.8, 4) is 21.7 Å². The molecule has 0 aliphatic carbocycles. The van der Waals surface area contributed by atoms with Crippen LogP contribution in [0.1, 0.15) is 5.56 Å². The van der Waals surface area contributed by atoms with E-state index in [4.69, 9.17) is 9.40 Å². The zero-order valence-corrected chi connectivity index (χ0v) is 28.1. The van der Waals surface area contributed by atoms with Gasteiger partial charge < -0.3 is 9.32 Å². The van der Waals surface area contributed by atoms with Crippen LogP contribution in [0.15, 0.2) is 168 Å². The maximum atomic E-state index is 6.23. The fourth-order valence-electron chi connectivity index (χ4n) is 7.45. The Balaban J connectivity index is 1.15. The second-order valence-electron chi connectivity index (χ2n) is 12.8. The van der Waals surface area contributed by atoms with Crippen LogP contribution >= 0.6 is 11.3 Å². The Kier molecular flexibility index (Phi) is 6.58. The van der Waals surface area contributed by atoms with E-state index in [0.29, 0.717) is 0 Å². The van der Waals surface area contributed by atoms with Gasteiger partial charge in [0.2, 0.25) is 0 Å². The maximum Gasteiger partial charge on any atom is 0.136 e. The molecule has 0 saturated carbocycles. The van der Waals surface area contributed by atoms with Gasteiger partial charge in [-0.2, -0.15) is 0 Å². The second-order valence-corrected chi connectivity index (χ2v) is 13.8. The fourth-order valence-corrected chi connectivity index (χ4v) is 8.59. The van der Waals surface area contributed by atoms with Crippen molar-refractivity contribution in [2.45, 2.75) is 6.92 Å². The van der Waals surface area contributed by atoms with Gasteiger partial charge in [-0.3, -0.25) is 0 Å². The summed E-state index contributed by atoms with van der Waals surface area (Å²) >= 11 is 1.77. The number of benzene rings is 8. The number of hydrogen-bond acceptors (Lipinski definition) is 4. The third-order valence-corrected chi connectivity index (χ3v) is 10.9. The maximum absolute atomic E-state index is 6.23. The minimum atomic E-state index is 0.908. The van der Waals surface area contributed by atoms with Crippen molar-refractivity contribution < 1.29 is 4.42 Å². The summed E-state index contributed by atoms with van der Waals surface area (Å²) in [5, 5.41) is 8.25. The molecule has 0 N–H and O–H groups in total. The first kappa shape index (κ1) is 28.8. The Morgan fingerprint density at radius 2 is 1.28 bits per heavy atom. The summed E-state index contributed by atoms with van der Waals surface area (Å²) in [5.41, 5.74) is 10.9. The van der Waals surface area contributed by atoms with E-state index in [1.54, 1.807) is 11.3 Å². The number of thiazole rings is 1. The molecule has 0 atom stereocenters. The van der Waals surface area contributed by atoms with Gasteiger partial charge in [0.1, 0.15) is 16.2 Å². The molecule has 2 aromatic heterocycles. The lowest BCUT2D eigenvalue weighted by Crippen LogP contribution is -2.11. The van der Waals surface area contributed by atoms with Crippen LogP contribution in [0.2, 0.25) is 0 Å². The van der Waals surface area contributed by atoms with E-state index in [1.807, 2.05) is 12.1 Å². The SMILES string of the molecule is Cc1cc(-c2cccc3oc4ccccc4c23)ccc1N(c1ccccc1)c1ccc2ccc3ccc4nc(-c5ccccc5)sc4c3c2c1. The Bertz CT molecular complexity index is 2890. The fraction of sp³-hybridized carbons (Fsp3) is 0.0217. The van der Waals surface area contributed by atoms with Crippen molar-refractivity contribution in [1.29, 1.82) is 0 Å². The molecule has 236 valence electrons. The minimum Gasteiger partial charge on any atom is -0.456 e. The summed E-state index contributed by atoms with van der Waals surface area (Å²) in [4.78, 5) is 7.45. The molecule has 10 rings (SSSR count). The van der Waals surface area contributed by atoms with Crippen LogP contribution in [0.25, 0.3) is 75.4 Å². The molecule has 0 amide bonds. The summed E-state index contributed by atoms with van der Waals surface area (Å²) in [6, 6.07) is 58.3. The Morgan fingerprint density at radius 1 is 0.540 bits per heavy atom. The van der Waals surface area contributed by atoms with Gasteiger partial charge in [-0.15, -0.1) is 11.3 Å². The van der Waals surface area contributed by atoms with Gasteiger partial charge in [0.05, 0.1) is 10.2 Å². The van der Waals surface area contributed by atoms with E-state index >= 15 is 0 Å². The molecule has 0 saturated heterocycles. The molecular formula is C46H30N2OS. The topological polar surface area (TPSA) is 29.3 Å². The van der Waals surface area contributed by atoms with Crippen molar-refractivity contribution in [3.63, 3.8) is 0 Å². The summed E-state index contributed by atoms with van der Waals surface area (Å²) in [7, 11) is 0. The van der Waals surface area contributed by atoms with Crippen LogP contribution in [0, 0.1) is 6.92 Å². The number of aromatic nitrogens is 1. The molecule has 0 aliphatic rings. The number of rotatable bonds is 5. The molecule has 0 fully saturated rings. The lowest BCUT2D eigenvalue weighted by molar-refractivity contribution is 0.669. The molecular weight excluding hydrogens is 629 g/mol. The molecule has 50 heavy (non-hydrogen) atoms. The number of aryl methyl sites for hydroxylation is 1. The van der Waals surface area contributed by atoms with Crippen LogP contribution in [-0.2, 0) is 0 Å². The van der Waals surface area contributed by atoms with Crippen molar-refractivity contribution in [3.05, 3.63) is 169 Å². The monoisotopic (exact) mass is 658 g/mol. The molecule has 3 nitrogen and oxygen atoms in total. The zero-order valence-electron chi connectivity index (χ0n) is 27.3. The number of anilines is 3. The Morgan fingerprint density at radius 3 is 2.14 bits per heavy atom. The van der Waals surface area contributed by atoms with Crippen molar-refractivity contribution in [1.82, 2.24) is 4.98 Å². The number of nitrogens with zero attached hydrogens (tertiary/aromatic N) is 2. The van der Waals surface area contributed by atoms with E-state index in [-0.39, 0.29) is 0 Å². The zero-order chi connectivity index (χ0) is 33.2. The Labute approximate surface area is 293 Å². The number of fused-ring (bicyclic) bond motifs is 8. The molecule has 0 aliphatic heterocycles. The first-order chi connectivity index (χ1) is 24.7. The van der Waals surface area contributed by atoms with Crippen molar-refractivity contribution in [2.24, 2.45) is 0 Å². The summed E-state index contributed by atoms with van der Waals surface area (Å²) in [6.45, 7) is 2.21. The molecule has 0 unspecified atom stereocenters. The van der Waals surface area contributed by atoms with Gasteiger partial charge in [0.15, 0.2) is 0 Å². The smallest absolute Gasteiger partial charge is 0.136 e. The number of furan rings is 1. The average Bonchev–Trinajstić information content (AvgIpc) is 3.78. The van der Waals surface area contributed by atoms with Crippen LogP contribution in [0.3, 0.4) is 0 Å². The first-order valence-electron chi connectivity index (χ1n) is 16.9. The molecule has 0 spiro atoms. The first-order valence-corrected chi connectivity index (χ1v) is 17.7. The summed E-state index contributed by atoms with van der Waals surface area (Å²) in [6.07, 6.45) is 0. The largest absolute Gasteiger partial charge is 0.456 e. The number of para-hydroxylation sites is 2. The highest BCUT2D eigenvalue weighted by atomic mass is 32.1. The third-order valence-electron chi connectivity index (χ3n) is 9.78. The third kappa shape index (κ3) is 4.61. The minimum absolute atomic E-state index is 0.908. The van der Waals surface area contributed by atoms with Crippen LogP contribution in [0.5, 0.6) is 0 Å². The predicted molar refractivity (Wildman–Crippen MR) is 212 cm³/mol. The quantitative estimate of drug-likeness (QED) is 0.172. The van der Waals surface area contributed by atoms with E-state index in [2.05, 4.69) is 163 Å². The van der Waals surface area contributed by atoms with Crippen LogP contribution in [-0.4, -0.2) is 4.98 Å². The van der Waals surface area contributed by atoms with E-state index in [9.17, 15) is 0 Å². The van der Waals surface area contributed by atoms with Gasteiger partial charge in [0, 0.05) is 38.8 Å². The van der Waals surface area contributed by atoms with Gasteiger partial charge in [-0.25, -0.2) is 4.98 Å². The van der Waals surface area contributed by atoms with E-state index in [1.165, 1.54) is 42.9 Å². The number of hydrogen-bond donors (Lipinski definition) is 0. The second kappa shape index (κ2) is 11.4. The molecule has 2 heterocycles. The van der Waals surface area contributed by atoms with Gasteiger partial charge in [-0.05, 0) is 94.4 Å². The molecule has 0 radical (unpaired) electrons. The normalized spacial score (nSPS) is 11.7. The molecule has 0 bridgehead atoms. The highest BCUT2D eigenvalue weighted by molar-refractivity contribution is 7.22. The van der Waals surface area contributed by atoms with E-state index < -0.39 is 0 Å². The lowest BCUT2D eigenvalue weighted by Gasteiger charge is -2.28.